The summed E-state index contributed by atoms with van der Waals surface area (Å²) in [6.45, 7) is 8.44. The molecule has 0 unspecified atom stereocenters. The molecule has 0 saturated carbocycles. The lowest BCUT2D eigenvalue weighted by Gasteiger charge is -2.22. The molecule has 1 N–H and O–H groups in total. The molecule has 0 aromatic carbocycles. The minimum atomic E-state index is -0.00787. The Bertz CT molecular complexity index is 536. The number of aromatic nitrogens is 2. The lowest BCUT2D eigenvalue weighted by molar-refractivity contribution is 0.455. The number of aromatic hydroxyl groups is 1. The molecule has 84 valence electrons. The number of pyridine rings is 2. The van der Waals surface area contributed by atoms with Crippen LogP contribution in [0.2, 0.25) is 0 Å². The van der Waals surface area contributed by atoms with E-state index in [1.54, 1.807) is 12.1 Å². The van der Waals surface area contributed by atoms with Crippen molar-refractivity contribution < 1.29 is 5.11 Å². The third-order valence-corrected chi connectivity index (χ3v) is 2.64. The number of rotatable bonds is 0. The van der Waals surface area contributed by atoms with Crippen LogP contribution in [0.1, 0.15) is 31.9 Å². The van der Waals surface area contributed by atoms with Crippen LogP contribution in [-0.2, 0) is 5.41 Å². The highest BCUT2D eigenvalue weighted by Gasteiger charge is 2.21. The summed E-state index contributed by atoms with van der Waals surface area (Å²) >= 11 is 0. The van der Waals surface area contributed by atoms with Crippen LogP contribution in [0.4, 0.5) is 0 Å². The summed E-state index contributed by atoms with van der Waals surface area (Å²) in [5, 5.41) is 9.47. The van der Waals surface area contributed by atoms with Gasteiger partial charge in [0.05, 0.1) is 11.0 Å². The molecule has 2 rings (SSSR count). The third-order valence-electron chi connectivity index (χ3n) is 2.64. The van der Waals surface area contributed by atoms with Crippen molar-refractivity contribution >= 4 is 11.0 Å². The van der Waals surface area contributed by atoms with E-state index in [2.05, 4.69) is 30.7 Å². The predicted octanol–water partition coefficient (Wildman–Crippen LogP) is 2.94. The topological polar surface area (TPSA) is 46.0 Å². The molecule has 0 radical (unpaired) electrons. The van der Waals surface area contributed by atoms with Gasteiger partial charge < -0.3 is 5.11 Å². The minimum Gasteiger partial charge on any atom is -0.493 e. The van der Waals surface area contributed by atoms with Crippen molar-refractivity contribution in [3.63, 3.8) is 0 Å². The van der Waals surface area contributed by atoms with E-state index in [0.717, 1.165) is 22.2 Å². The maximum atomic E-state index is 9.47. The van der Waals surface area contributed by atoms with Gasteiger partial charge in [0.1, 0.15) is 0 Å². The smallest absolute Gasteiger partial charge is 0.211 e. The van der Waals surface area contributed by atoms with Gasteiger partial charge in [0.2, 0.25) is 5.88 Å². The molecule has 0 atom stereocenters. The van der Waals surface area contributed by atoms with E-state index in [-0.39, 0.29) is 11.3 Å². The van der Waals surface area contributed by atoms with E-state index < -0.39 is 0 Å². The summed E-state index contributed by atoms with van der Waals surface area (Å²) < 4.78 is 0. The van der Waals surface area contributed by atoms with Gasteiger partial charge in [-0.15, -0.1) is 0 Å². The van der Waals surface area contributed by atoms with Gasteiger partial charge in [-0.3, -0.25) is 4.98 Å². The largest absolute Gasteiger partial charge is 0.493 e. The molecule has 2 heterocycles. The Morgan fingerprint density at radius 1 is 1.19 bits per heavy atom. The minimum absolute atomic E-state index is 0.00787. The average Bonchev–Trinajstić information content (AvgIpc) is 2.14. The molecule has 0 aliphatic rings. The van der Waals surface area contributed by atoms with Crippen LogP contribution in [0.25, 0.3) is 11.0 Å². The first-order chi connectivity index (χ1) is 7.39. The van der Waals surface area contributed by atoms with Crippen LogP contribution in [0.5, 0.6) is 5.88 Å². The Balaban J connectivity index is 2.88. The Kier molecular flexibility index (Phi) is 2.34. The van der Waals surface area contributed by atoms with Crippen molar-refractivity contribution in [3.8, 4) is 5.88 Å². The van der Waals surface area contributed by atoms with Gasteiger partial charge in [0, 0.05) is 12.3 Å². The Hall–Kier alpha value is -1.64. The monoisotopic (exact) mass is 216 g/mol. The first-order valence-corrected chi connectivity index (χ1v) is 5.35. The molecule has 0 bridgehead atoms. The van der Waals surface area contributed by atoms with Crippen molar-refractivity contribution in [1.29, 1.82) is 0 Å². The zero-order valence-electron chi connectivity index (χ0n) is 10.1. The summed E-state index contributed by atoms with van der Waals surface area (Å²) in [6, 6.07) is 3.36. The van der Waals surface area contributed by atoms with Crippen molar-refractivity contribution in [2.24, 2.45) is 0 Å². The van der Waals surface area contributed by atoms with Gasteiger partial charge in [-0.25, -0.2) is 4.98 Å². The molecule has 0 amide bonds. The summed E-state index contributed by atoms with van der Waals surface area (Å²) in [5.74, 6) is 0.0467. The fourth-order valence-electron chi connectivity index (χ4n) is 2.09. The van der Waals surface area contributed by atoms with Gasteiger partial charge in [0.15, 0.2) is 0 Å². The second-order valence-electron chi connectivity index (χ2n) is 5.10. The van der Waals surface area contributed by atoms with Crippen molar-refractivity contribution in [2.45, 2.75) is 33.1 Å². The SMILES string of the molecule is Cc1cnc2ccc(O)nc2c1C(C)(C)C. The number of hydrogen-bond donors (Lipinski definition) is 1. The van der Waals surface area contributed by atoms with E-state index in [1.165, 1.54) is 0 Å². The van der Waals surface area contributed by atoms with Crippen LogP contribution < -0.4 is 0 Å². The Morgan fingerprint density at radius 3 is 2.50 bits per heavy atom. The highest BCUT2D eigenvalue weighted by molar-refractivity contribution is 5.80. The number of nitrogens with zero attached hydrogens (tertiary/aromatic N) is 2. The van der Waals surface area contributed by atoms with Gasteiger partial charge in [-0.1, -0.05) is 20.8 Å². The number of hydrogen-bond acceptors (Lipinski definition) is 3. The molecule has 0 spiro atoms. The van der Waals surface area contributed by atoms with E-state index >= 15 is 0 Å². The summed E-state index contributed by atoms with van der Waals surface area (Å²) in [5.41, 5.74) is 3.87. The molecular formula is C13H16N2O. The van der Waals surface area contributed by atoms with E-state index in [9.17, 15) is 5.11 Å². The van der Waals surface area contributed by atoms with E-state index in [4.69, 9.17) is 0 Å². The average molecular weight is 216 g/mol. The quantitative estimate of drug-likeness (QED) is 0.736. The van der Waals surface area contributed by atoms with Gasteiger partial charge >= 0.3 is 0 Å². The van der Waals surface area contributed by atoms with E-state index in [0.29, 0.717) is 0 Å². The van der Waals surface area contributed by atoms with Crippen LogP contribution >= 0.6 is 0 Å². The zero-order valence-corrected chi connectivity index (χ0v) is 10.1. The second kappa shape index (κ2) is 3.44. The van der Waals surface area contributed by atoms with Crippen molar-refractivity contribution in [2.75, 3.05) is 0 Å². The van der Waals surface area contributed by atoms with E-state index in [1.807, 2.05) is 13.1 Å². The predicted molar refractivity (Wildman–Crippen MR) is 64.6 cm³/mol. The molecule has 16 heavy (non-hydrogen) atoms. The molecule has 3 nitrogen and oxygen atoms in total. The highest BCUT2D eigenvalue weighted by Crippen LogP contribution is 2.31. The standard InChI is InChI=1S/C13H16N2O/c1-8-7-14-9-5-6-10(16)15-12(9)11(8)13(2,3)4/h5-7H,1-4H3,(H,15,16). The molecule has 2 aromatic rings. The van der Waals surface area contributed by atoms with Gasteiger partial charge in [0.25, 0.3) is 0 Å². The molecule has 2 aromatic heterocycles. The summed E-state index contributed by atoms with van der Waals surface area (Å²) in [4.78, 5) is 8.52. The zero-order chi connectivity index (χ0) is 11.9. The van der Waals surface area contributed by atoms with Crippen LogP contribution in [-0.4, -0.2) is 15.1 Å². The second-order valence-corrected chi connectivity index (χ2v) is 5.10. The normalized spacial score (nSPS) is 12.0. The summed E-state index contributed by atoms with van der Waals surface area (Å²) in [7, 11) is 0. The summed E-state index contributed by atoms with van der Waals surface area (Å²) in [6.07, 6.45) is 1.86. The van der Waals surface area contributed by atoms with Gasteiger partial charge in [-0.05, 0) is 29.5 Å². The molecule has 3 heteroatoms. The number of fused-ring (bicyclic) bond motifs is 1. The molecule has 0 aliphatic carbocycles. The highest BCUT2D eigenvalue weighted by atomic mass is 16.3. The first kappa shape index (κ1) is 10.9. The lowest BCUT2D eigenvalue weighted by Crippen LogP contribution is -2.14. The first-order valence-electron chi connectivity index (χ1n) is 5.35. The van der Waals surface area contributed by atoms with Crippen LogP contribution in [0.3, 0.4) is 0 Å². The fourth-order valence-corrected chi connectivity index (χ4v) is 2.09. The fraction of sp³-hybridized carbons (Fsp3) is 0.385. The molecule has 0 aliphatic heterocycles. The molecule has 0 saturated heterocycles. The Labute approximate surface area is 95.2 Å². The maximum Gasteiger partial charge on any atom is 0.211 e. The Morgan fingerprint density at radius 2 is 1.88 bits per heavy atom. The maximum absolute atomic E-state index is 9.47. The third kappa shape index (κ3) is 1.73. The number of aryl methyl sites for hydroxylation is 1. The van der Waals surface area contributed by atoms with Crippen molar-refractivity contribution in [1.82, 2.24) is 9.97 Å². The van der Waals surface area contributed by atoms with Crippen LogP contribution in [0, 0.1) is 6.92 Å². The van der Waals surface area contributed by atoms with Crippen LogP contribution in [0.15, 0.2) is 18.3 Å². The van der Waals surface area contributed by atoms with Crippen molar-refractivity contribution in [3.05, 3.63) is 29.5 Å². The van der Waals surface area contributed by atoms with Gasteiger partial charge in [-0.2, -0.15) is 0 Å². The molecular weight excluding hydrogens is 200 g/mol. The lowest BCUT2D eigenvalue weighted by atomic mass is 9.84. The molecule has 0 fully saturated rings.